The van der Waals surface area contributed by atoms with Crippen molar-refractivity contribution in [3.63, 3.8) is 0 Å². The Morgan fingerprint density at radius 1 is 1.24 bits per heavy atom. The molecule has 2 atom stereocenters. The Balaban J connectivity index is 0.00000306. The van der Waals surface area contributed by atoms with Crippen LogP contribution in [-0.2, 0) is 12.1 Å². The van der Waals surface area contributed by atoms with E-state index in [2.05, 4.69) is 21.1 Å². The molecule has 6 nitrogen and oxygen atoms in total. The first-order valence-electron chi connectivity index (χ1n) is 9.85. The lowest BCUT2D eigenvalue weighted by molar-refractivity contribution is -0.765. The predicted octanol–water partition coefficient (Wildman–Crippen LogP) is 0.974. The van der Waals surface area contributed by atoms with Gasteiger partial charge in [-0.25, -0.2) is 13.8 Å². The Bertz CT molecular complexity index is 1300. The summed E-state index contributed by atoms with van der Waals surface area (Å²) >= 11 is 1.32. The fourth-order valence-electron chi connectivity index (χ4n) is 3.59. The lowest BCUT2D eigenvalue weighted by atomic mass is 9.82. The molecule has 0 radical (unpaired) electrons. The number of aryl methyl sites for hydroxylation is 1. The minimum absolute atomic E-state index is 0. The zero-order valence-electron chi connectivity index (χ0n) is 17.8. The largest absolute Gasteiger partial charge is 1.00 e. The van der Waals surface area contributed by atoms with Crippen molar-refractivity contribution in [1.82, 2.24) is 15.1 Å². The van der Waals surface area contributed by atoms with Crippen molar-refractivity contribution in [2.75, 3.05) is 0 Å². The first-order valence-corrected chi connectivity index (χ1v) is 10.7. The topological polar surface area (TPSA) is 89.5 Å². The van der Waals surface area contributed by atoms with Gasteiger partial charge >= 0.3 is 6.33 Å². The van der Waals surface area contributed by atoms with Crippen LogP contribution in [0.1, 0.15) is 34.8 Å². The number of rotatable bonds is 6. The molecular formula is C23H20F2IN5OS. The molecule has 0 unspecified atom stereocenters. The van der Waals surface area contributed by atoms with Crippen molar-refractivity contribution in [3.8, 4) is 17.3 Å². The summed E-state index contributed by atoms with van der Waals surface area (Å²) in [6, 6.07) is 12.1. The Kier molecular flexibility index (Phi) is 7.56. The van der Waals surface area contributed by atoms with E-state index in [1.165, 1.54) is 22.3 Å². The molecule has 2 N–H and O–H groups in total. The lowest BCUT2D eigenvalue weighted by Gasteiger charge is -2.32. The summed E-state index contributed by atoms with van der Waals surface area (Å²) < 4.78 is 30.4. The van der Waals surface area contributed by atoms with Gasteiger partial charge < -0.3 is 29.1 Å². The Morgan fingerprint density at radius 3 is 2.61 bits per heavy atom. The Labute approximate surface area is 210 Å². The number of benzene rings is 2. The van der Waals surface area contributed by atoms with Crippen LogP contribution < -0.4 is 28.7 Å². The lowest BCUT2D eigenvalue weighted by Crippen LogP contribution is -3.00. The van der Waals surface area contributed by atoms with Crippen LogP contribution in [0.2, 0.25) is 0 Å². The van der Waals surface area contributed by atoms with Gasteiger partial charge in [0.25, 0.3) is 0 Å². The summed E-state index contributed by atoms with van der Waals surface area (Å²) in [5.41, 5.74) is 0.0711. The van der Waals surface area contributed by atoms with Gasteiger partial charge in [0.05, 0.1) is 22.3 Å². The van der Waals surface area contributed by atoms with Crippen LogP contribution in [0.15, 0.2) is 54.2 Å². The molecule has 33 heavy (non-hydrogen) atoms. The molecule has 0 aliphatic rings. The third-order valence-corrected chi connectivity index (χ3v) is 6.45. The number of halogens is 3. The molecule has 4 aromatic rings. The molecule has 0 aliphatic carbocycles. The van der Waals surface area contributed by atoms with Gasteiger partial charge in [-0.15, -0.1) is 11.3 Å². The minimum atomic E-state index is -1.81. The van der Waals surface area contributed by atoms with Gasteiger partial charge in [-0.3, -0.25) is 0 Å². The number of hydrogen-bond acceptors (Lipinski definition) is 5. The second kappa shape index (κ2) is 10.0. The third-order valence-electron chi connectivity index (χ3n) is 5.42. The number of thiazole rings is 1. The quantitative estimate of drug-likeness (QED) is 0.264. The van der Waals surface area contributed by atoms with Crippen molar-refractivity contribution < 1.29 is 42.5 Å². The first kappa shape index (κ1) is 24.9. The second-order valence-electron chi connectivity index (χ2n) is 7.60. The highest BCUT2D eigenvalue weighted by atomic mass is 127. The summed E-state index contributed by atoms with van der Waals surface area (Å²) in [4.78, 5) is 8.77. The van der Waals surface area contributed by atoms with Crippen LogP contribution in [0, 0.1) is 29.9 Å². The van der Waals surface area contributed by atoms with Crippen LogP contribution in [-0.4, -0.2) is 20.2 Å². The van der Waals surface area contributed by atoms with E-state index in [-0.39, 0.29) is 36.1 Å². The van der Waals surface area contributed by atoms with Crippen molar-refractivity contribution in [2.24, 2.45) is 0 Å². The predicted molar refractivity (Wildman–Crippen MR) is 114 cm³/mol. The number of nitriles is 1. The highest BCUT2D eigenvalue weighted by molar-refractivity contribution is 7.10. The fraction of sp³-hybridized carbons (Fsp3) is 0.217. The number of aromatic nitrogens is 4. The Hall–Kier alpha value is -2.75. The molecule has 0 amide bonds. The van der Waals surface area contributed by atoms with Crippen molar-refractivity contribution in [3.05, 3.63) is 87.8 Å². The molecule has 170 valence electrons. The molecule has 0 saturated carbocycles. The molecule has 2 aromatic heterocycles. The number of aromatic amines is 1. The molecule has 0 bridgehead atoms. The molecule has 0 spiro atoms. The molecule has 10 heteroatoms. The molecule has 2 heterocycles. The summed E-state index contributed by atoms with van der Waals surface area (Å²) in [5.74, 6) is -1.40. The normalized spacial score (nSPS) is 13.6. The van der Waals surface area contributed by atoms with Gasteiger partial charge in [-0.2, -0.15) is 15.0 Å². The van der Waals surface area contributed by atoms with Gasteiger partial charge in [-0.05, 0) is 35.3 Å². The summed E-state index contributed by atoms with van der Waals surface area (Å²) in [6.07, 6.45) is 1.49. The van der Waals surface area contributed by atoms with E-state index in [9.17, 15) is 13.9 Å². The smallest absolute Gasteiger partial charge is 0.307 e. The van der Waals surface area contributed by atoms with Crippen LogP contribution in [0.4, 0.5) is 8.78 Å². The summed E-state index contributed by atoms with van der Waals surface area (Å²) in [6.45, 7) is 3.41. The summed E-state index contributed by atoms with van der Waals surface area (Å²) in [7, 11) is 0. The van der Waals surface area contributed by atoms with E-state index in [1.807, 2.05) is 5.38 Å². The average Bonchev–Trinajstić information content (AvgIpc) is 3.44. The molecule has 4 rings (SSSR count). The van der Waals surface area contributed by atoms with Gasteiger partial charge in [0, 0.05) is 29.3 Å². The molecule has 0 aliphatic heterocycles. The maximum atomic E-state index is 14.8. The number of nitrogens with zero attached hydrogens (tertiary/aromatic N) is 4. The van der Waals surface area contributed by atoms with E-state index in [4.69, 9.17) is 5.26 Å². The van der Waals surface area contributed by atoms with Crippen LogP contribution >= 0.6 is 11.3 Å². The third kappa shape index (κ3) is 5.10. The summed E-state index contributed by atoms with van der Waals surface area (Å²) in [5, 5.41) is 26.1. The standard InChI is InChI=1S/C23H19F2N5OS.HI/c1-14(22-28-21(11-32-22)17-5-3-16(10-26)4-6-17)23(31,12-30-13-27-15(2)29-30)19-9-18(24)7-8-20(19)25;/h3-9,11,13-14,31H,12H2,1-2H3;1H/t14-,23+;/m0./s1. The Morgan fingerprint density at radius 2 is 1.97 bits per heavy atom. The number of H-pyrrole nitrogens is 1. The molecule has 0 saturated heterocycles. The first-order chi connectivity index (χ1) is 15.3. The number of nitrogens with one attached hydrogen (secondary N) is 1. The minimum Gasteiger partial charge on any atom is -1.00 e. The zero-order valence-corrected chi connectivity index (χ0v) is 20.7. The van der Waals surface area contributed by atoms with Gasteiger partial charge in [0.1, 0.15) is 23.8 Å². The molecular weight excluding hydrogens is 559 g/mol. The van der Waals surface area contributed by atoms with Gasteiger partial charge in [0.2, 0.25) is 5.82 Å². The van der Waals surface area contributed by atoms with Gasteiger partial charge in [0.15, 0.2) is 0 Å². The van der Waals surface area contributed by atoms with Gasteiger partial charge in [-0.1, -0.05) is 19.1 Å². The monoisotopic (exact) mass is 579 g/mol. The van der Waals surface area contributed by atoms with Crippen LogP contribution in [0.5, 0.6) is 0 Å². The zero-order chi connectivity index (χ0) is 22.9. The second-order valence-corrected chi connectivity index (χ2v) is 8.49. The highest BCUT2D eigenvalue weighted by Gasteiger charge is 2.43. The van der Waals surface area contributed by atoms with E-state index < -0.39 is 23.2 Å². The van der Waals surface area contributed by atoms with E-state index in [0.717, 1.165) is 23.8 Å². The van der Waals surface area contributed by atoms with Crippen LogP contribution in [0.25, 0.3) is 11.3 Å². The highest BCUT2D eigenvalue weighted by Crippen LogP contribution is 2.40. The van der Waals surface area contributed by atoms with Crippen molar-refractivity contribution in [1.29, 1.82) is 5.26 Å². The van der Waals surface area contributed by atoms with E-state index in [1.54, 1.807) is 38.1 Å². The maximum Gasteiger partial charge on any atom is 0.307 e. The molecule has 0 fully saturated rings. The SMILES string of the molecule is Cc1nc[n+](C[C@](O)(c2cc(F)ccc2F)[C@@H](C)c2nc(-c3ccc(C#N)cc3)cs2)[nH]1.[I-]. The molecule has 2 aromatic carbocycles. The average molecular weight is 579 g/mol. The van der Waals surface area contributed by atoms with E-state index in [0.29, 0.717) is 22.1 Å². The fourth-order valence-corrected chi connectivity index (χ4v) is 4.56. The number of aliphatic hydroxyl groups is 1. The number of hydrogen-bond donors (Lipinski definition) is 2. The van der Waals surface area contributed by atoms with Crippen molar-refractivity contribution >= 4 is 11.3 Å². The van der Waals surface area contributed by atoms with E-state index >= 15 is 0 Å². The van der Waals surface area contributed by atoms with Crippen LogP contribution in [0.3, 0.4) is 0 Å². The maximum absolute atomic E-state index is 14.8. The van der Waals surface area contributed by atoms with Crippen molar-refractivity contribution in [2.45, 2.75) is 31.9 Å².